The summed E-state index contributed by atoms with van der Waals surface area (Å²) in [7, 11) is 1.47. The lowest BCUT2D eigenvalue weighted by atomic mass is 9.74. The lowest BCUT2D eigenvalue weighted by Gasteiger charge is -2.30. The number of aromatic hydroxyl groups is 3. The number of ketones is 3. The first-order valence-corrected chi connectivity index (χ1v) is 9.99. The zero-order valence-electron chi connectivity index (χ0n) is 16.8. The average Bonchev–Trinajstić information content (AvgIpc) is 2.77. The lowest BCUT2D eigenvalue weighted by molar-refractivity contribution is -0.132. The molecule has 2 aromatic rings. The number of hydrogen-bond donors (Lipinski definition) is 4. The average molecular weight is 426 g/mol. The van der Waals surface area contributed by atoms with Crippen molar-refractivity contribution in [2.75, 3.05) is 13.7 Å². The molecule has 8 heteroatoms. The Morgan fingerprint density at radius 3 is 2.45 bits per heavy atom. The van der Waals surface area contributed by atoms with Crippen LogP contribution in [0.3, 0.4) is 0 Å². The first-order chi connectivity index (χ1) is 14.8. The van der Waals surface area contributed by atoms with E-state index in [9.17, 15) is 34.8 Å². The maximum atomic E-state index is 13.1. The highest BCUT2D eigenvalue weighted by Crippen LogP contribution is 2.47. The summed E-state index contributed by atoms with van der Waals surface area (Å²) < 4.78 is 4.89. The number of fused-ring (bicyclic) bond motifs is 3. The van der Waals surface area contributed by atoms with Gasteiger partial charge in [0, 0.05) is 42.7 Å². The van der Waals surface area contributed by atoms with E-state index < -0.39 is 40.9 Å². The Balaban J connectivity index is 1.78. The van der Waals surface area contributed by atoms with E-state index in [1.807, 2.05) is 0 Å². The first-order valence-electron chi connectivity index (χ1n) is 9.99. The molecule has 0 radical (unpaired) electrons. The van der Waals surface area contributed by atoms with Crippen LogP contribution < -0.4 is 0 Å². The molecule has 4 rings (SSSR count). The van der Waals surface area contributed by atoms with Crippen LogP contribution in [-0.2, 0) is 22.4 Å². The van der Waals surface area contributed by atoms with Gasteiger partial charge in [0.25, 0.3) is 0 Å². The van der Waals surface area contributed by atoms with Gasteiger partial charge >= 0.3 is 0 Å². The normalized spacial score (nSPS) is 18.2. The van der Waals surface area contributed by atoms with Gasteiger partial charge in [-0.05, 0) is 25.3 Å². The van der Waals surface area contributed by atoms with Gasteiger partial charge in [0.15, 0.2) is 11.6 Å². The summed E-state index contributed by atoms with van der Waals surface area (Å²) in [5.41, 5.74) is -0.408. The molecule has 0 aliphatic heterocycles. The number of phenolic OH excluding ortho intramolecular Hbond substituents is 3. The van der Waals surface area contributed by atoms with Crippen LogP contribution >= 0.6 is 0 Å². The number of methoxy groups -OCH3 is 1. The summed E-state index contributed by atoms with van der Waals surface area (Å²) in [6, 6.07) is 4.05. The second-order valence-corrected chi connectivity index (χ2v) is 7.90. The summed E-state index contributed by atoms with van der Waals surface area (Å²) in [6.07, 6.45) is -0.541. The molecule has 0 aromatic heterocycles. The van der Waals surface area contributed by atoms with Gasteiger partial charge in [-0.25, -0.2) is 0 Å². The fraction of sp³-hybridized carbons (Fsp3) is 0.348. The van der Waals surface area contributed by atoms with Crippen LogP contribution in [0.4, 0.5) is 0 Å². The number of ether oxygens (including phenoxy) is 1. The van der Waals surface area contributed by atoms with Crippen LogP contribution in [0.1, 0.15) is 55.8 Å². The number of aliphatic hydroxyl groups excluding tert-OH is 1. The largest absolute Gasteiger partial charge is 0.507 e. The fourth-order valence-electron chi connectivity index (χ4n) is 4.54. The Kier molecular flexibility index (Phi) is 5.28. The van der Waals surface area contributed by atoms with Gasteiger partial charge in [-0.3, -0.25) is 14.4 Å². The van der Waals surface area contributed by atoms with Gasteiger partial charge < -0.3 is 25.2 Å². The second kappa shape index (κ2) is 7.79. The van der Waals surface area contributed by atoms with Crippen molar-refractivity contribution in [3.8, 4) is 17.2 Å². The molecule has 162 valence electrons. The molecule has 4 N–H and O–H groups in total. The van der Waals surface area contributed by atoms with Crippen LogP contribution in [0.2, 0.25) is 0 Å². The number of aliphatic hydroxyl groups is 1. The molecule has 0 bridgehead atoms. The number of carbonyl (C=O) groups is 3. The molecule has 0 saturated carbocycles. The van der Waals surface area contributed by atoms with Crippen molar-refractivity contribution in [1.82, 2.24) is 0 Å². The van der Waals surface area contributed by atoms with Gasteiger partial charge in [-0.1, -0.05) is 12.1 Å². The molecular formula is C23H22O8. The van der Waals surface area contributed by atoms with Gasteiger partial charge in [-0.15, -0.1) is 0 Å². The minimum Gasteiger partial charge on any atom is -0.507 e. The molecule has 2 atom stereocenters. The third-order valence-electron chi connectivity index (χ3n) is 6.15. The van der Waals surface area contributed by atoms with E-state index in [0.717, 1.165) is 0 Å². The number of benzene rings is 2. The molecule has 0 heterocycles. The topological polar surface area (TPSA) is 141 Å². The number of phenols is 3. The molecular weight excluding hydrogens is 404 g/mol. The maximum absolute atomic E-state index is 13.1. The number of carbonyl (C=O) groups excluding carboxylic acids is 3. The molecule has 0 spiro atoms. The molecule has 0 saturated heterocycles. The van der Waals surface area contributed by atoms with Crippen LogP contribution in [0.25, 0.3) is 0 Å². The number of rotatable bonds is 5. The van der Waals surface area contributed by atoms with Crippen molar-refractivity contribution in [1.29, 1.82) is 0 Å². The van der Waals surface area contributed by atoms with E-state index in [2.05, 4.69) is 0 Å². The van der Waals surface area contributed by atoms with Crippen LogP contribution in [-0.4, -0.2) is 57.6 Å². The van der Waals surface area contributed by atoms with Crippen molar-refractivity contribution < 1.29 is 39.5 Å². The summed E-state index contributed by atoms with van der Waals surface area (Å²) in [5.74, 6) is -3.67. The zero-order chi connectivity index (χ0) is 22.4. The zero-order valence-corrected chi connectivity index (χ0v) is 16.8. The third-order valence-corrected chi connectivity index (χ3v) is 6.15. The Hall–Kier alpha value is -3.23. The molecule has 0 fully saturated rings. The lowest BCUT2D eigenvalue weighted by Crippen LogP contribution is -2.33. The monoisotopic (exact) mass is 426 g/mol. The van der Waals surface area contributed by atoms with Crippen molar-refractivity contribution in [2.24, 2.45) is 5.92 Å². The fourth-order valence-corrected chi connectivity index (χ4v) is 4.54. The molecule has 8 nitrogen and oxygen atoms in total. The second-order valence-electron chi connectivity index (χ2n) is 7.90. The van der Waals surface area contributed by atoms with E-state index >= 15 is 0 Å². The Labute approximate surface area is 177 Å². The van der Waals surface area contributed by atoms with Crippen molar-refractivity contribution in [3.05, 3.63) is 51.6 Å². The van der Waals surface area contributed by atoms with Crippen molar-refractivity contribution in [2.45, 2.75) is 31.8 Å². The molecule has 2 unspecified atom stereocenters. The SMILES string of the molecule is COCCC(O)C(=O)C1CCc2c(O)c3c(c(O)c2C1)C(=O)c1cccc(O)c1C3=O. The Morgan fingerprint density at radius 2 is 1.74 bits per heavy atom. The minimum absolute atomic E-state index is 0.0270. The summed E-state index contributed by atoms with van der Waals surface area (Å²) in [6.45, 7) is 0.221. The molecule has 0 amide bonds. The standard InChI is InChI=1S/C23H22O8/c1-31-8-7-15(25)19(26)10-5-6-11-13(9-10)22(29)17-18(20(11)27)23(30)16-12(21(17)28)3-2-4-14(16)24/h2-4,10,15,24-25,27,29H,5-9H2,1H3. The number of hydrogen-bond acceptors (Lipinski definition) is 8. The molecule has 31 heavy (non-hydrogen) atoms. The van der Waals surface area contributed by atoms with E-state index in [0.29, 0.717) is 12.0 Å². The van der Waals surface area contributed by atoms with Crippen LogP contribution in [0.15, 0.2) is 18.2 Å². The van der Waals surface area contributed by atoms with Gasteiger partial charge in [-0.2, -0.15) is 0 Å². The van der Waals surface area contributed by atoms with E-state index in [4.69, 9.17) is 4.74 Å². The van der Waals surface area contributed by atoms with Crippen molar-refractivity contribution in [3.63, 3.8) is 0 Å². The minimum atomic E-state index is -1.21. The summed E-state index contributed by atoms with van der Waals surface area (Å²) in [4.78, 5) is 38.7. The highest BCUT2D eigenvalue weighted by molar-refractivity contribution is 6.31. The van der Waals surface area contributed by atoms with Crippen molar-refractivity contribution >= 4 is 17.3 Å². The Morgan fingerprint density at radius 1 is 1.06 bits per heavy atom. The molecule has 2 aromatic carbocycles. The summed E-state index contributed by atoms with van der Waals surface area (Å²) >= 11 is 0. The van der Waals surface area contributed by atoms with E-state index in [1.165, 1.54) is 25.3 Å². The number of Topliss-reactive ketones (excluding diaryl/α,β-unsaturated/α-hetero) is 1. The molecule has 2 aliphatic rings. The summed E-state index contributed by atoms with van der Waals surface area (Å²) in [5, 5.41) is 42.0. The molecule has 2 aliphatic carbocycles. The van der Waals surface area contributed by atoms with Gasteiger partial charge in [0.2, 0.25) is 5.78 Å². The quantitative estimate of drug-likeness (QED) is 0.451. The maximum Gasteiger partial charge on any atom is 0.202 e. The predicted molar refractivity (Wildman–Crippen MR) is 108 cm³/mol. The third kappa shape index (κ3) is 3.19. The van der Waals surface area contributed by atoms with Gasteiger partial charge in [0.05, 0.1) is 16.7 Å². The highest BCUT2D eigenvalue weighted by Gasteiger charge is 2.41. The Bertz CT molecular complexity index is 1120. The van der Waals surface area contributed by atoms with Crippen LogP contribution in [0, 0.1) is 5.92 Å². The van der Waals surface area contributed by atoms with Gasteiger partial charge in [0.1, 0.15) is 23.4 Å². The smallest absolute Gasteiger partial charge is 0.202 e. The highest BCUT2D eigenvalue weighted by atomic mass is 16.5. The van der Waals surface area contributed by atoms with E-state index in [-0.39, 0.29) is 59.4 Å². The van der Waals surface area contributed by atoms with Crippen LogP contribution in [0.5, 0.6) is 17.2 Å². The predicted octanol–water partition coefficient (Wildman–Crippen LogP) is 1.65. The van der Waals surface area contributed by atoms with E-state index in [1.54, 1.807) is 0 Å². The first kappa shape index (κ1) is 21.0.